The number of oxime groups is 1. The van der Waals surface area contributed by atoms with Gasteiger partial charge in [-0.2, -0.15) is 4.31 Å². The van der Waals surface area contributed by atoms with Crippen LogP contribution in [0.15, 0.2) is 40.0 Å². The molecular formula is C16H19N3O4S2. The zero-order valence-corrected chi connectivity index (χ0v) is 15.3. The summed E-state index contributed by atoms with van der Waals surface area (Å²) in [4.78, 5) is 4.85. The number of thiophene rings is 1. The zero-order valence-electron chi connectivity index (χ0n) is 13.7. The smallest absolute Gasteiger partial charge is 0.244 e. The van der Waals surface area contributed by atoms with Crippen molar-refractivity contribution in [3.8, 4) is 0 Å². The first kappa shape index (κ1) is 18.0. The van der Waals surface area contributed by atoms with Gasteiger partial charge < -0.3 is 10.3 Å². The third-order valence-electron chi connectivity index (χ3n) is 4.29. The number of hydrogen-bond donors (Lipinski definition) is 2. The van der Waals surface area contributed by atoms with Crippen LogP contribution in [0.5, 0.6) is 0 Å². The summed E-state index contributed by atoms with van der Waals surface area (Å²) in [7, 11) is -2.29. The molecule has 1 aliphatic rings. The van der Waals surface area contributed by atoms with Gasteiger partial charge in [-0.3, -0.25) is 4.98 Å². The highest BCUT2D eigenvalue weighted by molar-refractivity contribution is 7.89. The van der Waals surface area contributed by atoms with Gasteiger partial charge in [-0.15, -0.1) is 11.3 Å². The van der Waals surface area contributed by atoms with Crippen LogP contribution >= 0.6 is 11.3 Å². The predicted octanol–water partition coefficient (Wildman–Crippen LogP) is 2.01. The van der Waals surface area contributed by atoms with Crippen molar-refractivity contribution >= 4 is 27.1 Å². The molecule has 0 spiro atoms. The summed E-state index contributed by atoms with van der Waals surface area (Å²) in [5.41, 5.74) is 1.85. The molecule has 2 N–H and O–H groups in total. The molecule has 0 fully saturated rings. The number of rotatable bonds is 5. The lowest BCUT2D eigenvalue weighted by molar-refractivity contribution is 0.155. The molecule has 134 valence electrons. The molecule has 2 aromatic rings. The first-order chi connectivity index (χ1) is 11.9. The summed E-state index contributed by atoms with van der Waals surface area (Å²) in [6.45, 7) is -0.0576. The number of pyridine rings is 1. The summed E-state index contributed by atoms with van der Waals surface area (Å²) >= 11 is 1.28. The summed E-state index contributed by atoms with van der Waals surface area (Å²) < 4.78 is 27.0. The normalized spacial score (nSPS) is 17.6. The van der Waals surface area contributed by atoms with Gasteiger partial charge in [0, 0.05) is 31.4 Å². The van der Waals surface area contributed by atoms with Gasteiger partial charge in [-0.25, -0.2) is 8.42 Å². The largest absolute Gasteiger partial charge is 0.411 e. The maximum atomic E-state index is 12.9. The molecule has 0 aliphatic heterocycles. The quantitative estimate of drug-likeness (QED) is 0.609. The highest BCUT2D eigenvalue weighted by Gasteiger charge is 2.31. The van der Waals surface area contributed by atoms with E-state index >= 15 is 0 Å². The van der Waals surface area contributed by atoms with E-state index in [9.17, 15) is 13.5 Å². The van der Waals surface area contributed by atoms with Crippen molar-refractivity contribution in [3.05, 3.63) is 45.9 Å². The number of likely N-dealkylation sites (N-methyl/N-ethyl adjacent to an activating group) is 1. The Labute approximate surface area is 150 Å². The van der Waals surface area contributed by atoms with Crippen molar-refractivity contribution in [2.75, 3.05) is 13.6 Å². The summed E-state index contributed by atoms with van der Waals surface area (Å²) in [5, 5.41) is 24.3. The molecule has 0 aromatic carbocycles. The number of nitrogens with zero attached hydrogens (tertiary/aromatic N) is 3. The standard InChI is InChI=1S/C16H19N3O4S2/c1-19(9-14(20)11-5-7-17-8-6-11)25(22,23)15-10-24-16-12(15)3-2-4-13(16)18-21/h5-8,10,14,20-21H,2-4,9H2,1H3/b18-13+. The van der Waals surface area contributed by atoms with Crippen LogP contribution in [0.3, 0.4) is 0 Å². The van der Waals surface area contributed by atoms with Crippen LogP contribution in [-0.4, -0.2) is 47.3 Å². The van der Waals surface area contributed by atoms with E-state index in [0.717, 1.165) is 15.6 Å². The molecule has 3 rings (SSSR count). The number of sulfonamides is 1. The monoisotopic (exact) mass is 381 g/mol. The fourth-order valence-electron chi connectivity index (χ4n) is 2.90. The molecule has 2 aromatic heterocycles. The summed E-state index contributed by atoms with van der Waals surface area (Å²) in [5.74, 6) is 0. The number of fused-ring (bicyclic) bond motifs is 1. The van der Waals surface area contributed by atoms with E-state index in [1.54, 1.807) is 29.9 Å². The van der Waals surface area contributed by atoms with Crippen LogP contribution in [0.1, 0.15) is 34.9 Å². The molecule has 0 bridgehead atoms. The molecule has 25 heavy (non-hydrogen) atoms. The lowest BCUT2D eigenvalue weighted by Gasteiger charge is -2.22. The number of hydrogen-bond acceptors (Lipinski definition) is 7. The van der Waals surface area contributed by atoms with E-state index in [2.05, 4.69) is 10.1 Å². The van der Waals surface area contributed by atoms with E-state index in [1.807, 2.05) is 0 Å². The Morgan fingerprint density at radius 1 is 1.36 bits per heavy atom. The zero-order chi connectivity index (χ0) is 18.0. The Morgan fingerprint density at radius 2 is 2.08 bits per heavy atom. The average Bonchev–Trinajstić information content (AvgIpc) is 3.07. The molecule has 2 heterocycles. The average molecular weight is 381 g/mol. The van der Waals surface area contributed by atoms with Gasteiger partial charge in [0.1, 0.15) is 0 Å². The van der Waals surface area contributed by atoms with Crippen LogP contribution in [0.4, 0.5) is 0 Å². The SMILES string of the molecule is CN(CC(O)c1ccncc1)S(=O)(=O)c1csc2c1CCC/C2=N\O. The van der Waals surface area contributed by atoms with Crippen molar-refractivity contribution < 1.29 is 18.7 Å². The number of aliphatic hydroxyl groups excluding tert-OH is 1. The van der Waals surface area contributed by atoms with Gasteiger partial charge >= 0.3 is 0 Å². The maximum Gasteiger partial charge on any atom is 0.244 e. The Balaban J connectivity index is 1.86. The van der Waals surface area contributed by atoms with Crippen molar-refractivity contribution in [2.24, 2.45) is 5.16 Å². The lowest BCUT2D eigenvalue weighted by Crippen LogP contribution is -2.31. The molecular weight excluding hydrogens is 362 g/mol. The summed E-state index contributed by atoms with van der Waals surface area (Å²) in [6.07, 6.45) is 4.19. The first-order valence-electron chi connectivity index (χ1n) is 7.81. The Morgan fingerprint density at radius 3 is 2.76 bits per heavy atom. The molecule has 1 aliphatic carbocycles. The Bertz CT molecular complexity index is 878. The van der Waals surface area contributed by atoms with E-state index in [4.69, 9.17) is 5.21 Å². The van der Waals surface area contributed by atoms with Crippen molar-refractivity contribution in [1.29, 1.82) is 0 Å². The first-order valence-corrected chi connectivity index (χ1v) is 10.1. The Hall–Kier alpha value is -1.81. The molecule has 9 heteroatoms. The second kappa shape index (κ2) is 7.20. The van der Waals surface area contributed by atoms with Gasteiger partial charge in [-0.1, -0.05) is 5.16 Å². The van der Waals surface area contributed by atoms with Crippen LogP contribution in [-0.2, 0) is 16.4 Å². The Kier molecular flexibility index (Phi) is 5.19. The fraction of sp³-hybridized carbons (Fsp3) is 0.375. The molecule has 7 nitrogen and oxygen atoms in total. The molecule has 1 unspecified atom stereocenters. The highest BCUT2D eigenvalue weighted by Crippen LogP contribution is 2.34. The topological polar surface area (TPSA) is 103 Å². The van der Waals surface area contributed by atoms with Crippen LogP contribution in [0, 0.1) is 0 Å². The third kappa shape index (κ3) is 3.45. The van der Waals surface area contributed by atoms with Gasteiger partial charge in [0.25, 0.3) is 0 Å². The van der Waals surface area contributed by atoms with Gasteiger partial charge in [0.05, 0.1) is 21.6 Å². The fourth-order valence-corrected chi connectivity index (χ4v) is 5.79. The highest BCUT2D eigenvalue weighted by atomic mass is 32.2. The second-order valence-corrected chi connectivity index (χ2v) is 8.78. The van der Waals surface area contributed by atoms with E-state index in [-0.39, 0.29) is 11.4 Å². The maximum absolute atomic E-state index is 12.9. The minimum absolute atomic E-state index is 0.0576. The lowest BCUT2D eigenvalue weighted by atomic mass is 9.98. The van der Waals surface area contributed by atoms with Crippen molar-refractivity contribution in [3.63, 3.8) is 0 Å². The second-order valence-electron chi connectivity index (χ2n) is 5.89. The number of aromatic nitrogens is 1. The molecule has 0 radical (unpaired) electrons. The van der Waals surface area contributed by atoms with Crippen LogP contribution in [0.2, 0.25) is 0 Å². The van der Waals surface area contributed by atoms with E-state index in [0.29, 0.717) is 29.7 Å². The minimum atomic E-state index is -3.74. The molecule has 0 amide bonds. The van der Waals surface area contributed by atoms with Crippen molar-refractivity contribution in [2.45, 2.75) is 30.3 Å². The van der Waals surface area contributed by atoms with E-state index < -0.39 is 16.1 Å². The van der Waals surface area contributed by atoms with Gasteiger partial charge in [0.15, 0.2) is 0 Å². The van der Waals surface area contributed by atoms with Crippen LogP contribution < -0.4 is 0 Å². The summed E-state index contributed by atoms with van der Waals surface area (Å²) in [6, 6.07) is 3.31. The van der Waals surface area contributed by atoms with Crippen LogP contribution in [0.25, 0.3) is 0 Å². The molecule has 0 saturated carbocycles. The molecule has 1 atom stereocenters. The van der Waals surface area contributed by atoms with Crippen molar-refractivity contribution in [1.82, 2.24) is 9.29 Å². The number of aliphatic hydroxyl groups is 1. The predicted molar refractivity (Wildman–Crippen MR) is 94.6 cm³/mol. The molecule has 0 saturated heterocycles. The minimum Gasteiger partial charge on any atom is -0.411 e. The van der Waals surface area contributed by atoms with Gasteiger partial charge in [-0.05, 0) is 42.5 Å². The third-order valence-corrected chi connectivity index (χ3v) is 7.40. The van der Waals surface area contributed by atoms with Gasteiger partial charge in [0.2, 0.25) is 10.0 Å². The van der Waals surface area contributed by atoms with E-state index in [1.165, 1.54) is 18.4 Å².